The summed E-state index contributed by atoms with van der Waals surface area (Å²) < 4.78 is 1.70. The summed E-state index contributed by atoms with van der Waals surface area (Å²) in [4.78, 5) is 19.6. The van der Waals surface area contributed by atoms with Gasteiger partial charge in [-0.05, 0) is 24.5 Å². The summed E-state index contributed by atoms with van der Waals surface area (Å²) in [6, 6.07) is 12.0. The van der Waals surface area contributed by atoms with Gasteiger partial charge in [0.05, 0.1) is 5.39 Å². The number of nitrogens with zero attached hydrogens (tertiary/aromatic N) is 2. The summed E-state index contributed by atoms with van der Waals surface area (Å²) >= 11 is 3.16. The molecule has 0 aliphatic heterocycles. The van der Waals surface area contributed by atoms with Crippen LogP contribution in [-0.4, -0.2) is 27.0 Å². The van der Waals surface area contributed by atoms with Crippen LogP contribution in [0.2, 0.25) is 0 Å². The summed E-state index contributed by atoms with van der Waals surface area (Å²) in [5.41, 5.74) is 1.09. The first-order valence-electron chi connectivity index (χ1n) is 8.69. The van der Waals surface area contributed by atoms with Gasteiger partial charge in [0, 0.05) is 23.8 Å². The lowest BCUT2D eigenvalue weighted by atomic mass is 10.2. The summed E-state index contributed by atoms with van der Waals surface area (Å²) in [7, 11) is 0. The summed E-state index contributed by atoms with van der Waals surface area (Å²) in [6.45, 7) is 4.46. The van der Waals surface area contributed by atoms with Crippen molar-refractivity contribution in [1.82, 2.24) is 9.55 Å². The van der Waals surface area contributed by atoms with Gasteiger partial charge in [-0.25, -0.2) is 4.98 Å². The minimum atomic E-state index is -0.00816. The number of aliphatic hydroxyl groups excluding tert-OH is 1. The van der Waals surface area contributed by atoms with Crippen LogP contribution in [-0.2, 0) is 6.54 Å². The van der Waals surface area contributed by atoms with Crippen LogP contribution in [0.1, 0.15) is 19.3 Å². The van der Waals surface area contributed by atoms with E-state index in [-0.39, 0.29) is 12.2 Å². The van der Waals surface area contributed by atoms with Gasteiger partial charge in [-0.15, -0.1) is 17.9 Å². The molecule has 0 aliphatic rings. The van der Waals surface area contributed by atoms with E-state index in [4.69, 9.17) is 10.1 Å². The first-order valence-corrected chi connectivity index (χ1v) is 10.5. The Kier molecular flexibility index (Phi) is 6.66. The molecule has 2 heterocycles. The van der Waals surface area contributed by atoms with Crippen LogP contribution in [0.3, 0.4) is 0 Å². The van der Waals surface area contributed by atoms with E-state index in [1.54, 1.807) is 33.7 Å². The number of rotatable bonds is 9. The highest BCUT2D eigenvalue weighted by Gasteiger charge is 2.14. The third kappa shape index (κ3) is 4.26. The second-order valence-corrected chi connectivity index (χ2v) is 8.02. The molecule has 3 aromatic rings. The number of fused-ring (bicyclic) bond motifs is 1. The summed E-state index contributed by atoms with van der Waals surface area (Å²) in [6.07, 6.45) is 4.52. The van der Waals surface area contributed by atoms with Crippen LogP contribution < -0.4 is 5.56 Å². The molecule has 0 atom stereocenters. The lowest BCUT2D eigenvalue weighted by Crippen LogP contribution is -2.22. The Bertz CT molecular complexity index is 932. The van der Waals surface area contributed by atoms with E-state index in [0.717, 1.165) is 45.4 Å². The predicted molar refractivity (Wildman–Crippen MR) is 111 cm³/mol. The van der Waals surface area contributed by atoms with E-state index >= 15 is 0 Å². The topological polar surface area (TPSA) is 55.1 Å². The maximum atomic E-state index is 13.0. The Morgan fingerprint density at radius 2 is 2.04 bits per heavy atom. The molecule has 136 valence electrons. The van der Waals surface area contributed by atoms with Gasteiger partial charge in [0.15, 0.2) is 5.16 Å². The van der Waals surface area contributed by atoms with Crippen LogP contribution in [0, 0.1) is 0 Å². The van der Waals surface area contributed by atoms with Crippen LogP contribution in [0.4, 0.5) is 0 Å². The lowest BCUT2D eigenvalue weighted by Gasteiger charge is -2.09. The third-order valence-electron chi connectivity index (χ3n) is 4.02. The number of aromatic nitrogens is 2. The molecule has 2 aromatic heterocycles. The maximum Gasteiger partial charge on any atom is 0.263 e. The quantitative estimate of drug-likeness (QED) is 0.253. The number of benzene rings is 1. The molecule has 6 heteroatoms. The average molecular weight is 387 g/mol. The van der Waals surface area contributed by atoms with Gasteiger partial charge in [0.2, 0.25) is 0 Å². The highest BCUT2D eigenvalue weighted by atomic mass is 32.2. The molecule has 0 radical (unpaired) electrons. The van der Waals surface area contributed by atoms with E-state index in [2.05, 4.69) is 6.58 Å². The molecule has 0 aliphatic carbocycles. The zero-order valence-corrected chi connectivity index (χ0v) is 16.2. The number of thioether (sulfide) groups is 1. The Morgan fingerprint density at radius 1 is 1.23 bits per heavy atom. The first kappa shape index (κ1) is 18.9. The van der Waals surface area contributed by atoms with Crippen molar-refractivity contribution in [2.75, 3.05) is 12.4 Å². The van der Waals surface area contributed by atoms with E-state index < -0.39 is 0 Å². The molecule has 26 heavy (non-hydrogen) atoms. The molecule has 0 fully saturated rings. The SMILES string of the molecule is C=CCn1c(SCCCCCO)nc2sc(-c3ccccc3)cc2c1=O. The number of allylic oxidation sites excluding steroid dienone is 1. The lowest BCUT2D eigenvalue weighted by molar-refractivity contribution is 0.284. The number of hydrogen-bond acceptors (Lipinski definition) is 5. The molecule has 0 unspecified atom stereocenters. The predicted octanol–water partition coefficient (Wildman–Crippen LogP) is 4.57. The van der Waals surface area contributed by atoms with Gasteiger partial charge in [-0.2, -0.15) is 0 Å². The normalized spacial score (nSPS) is 11.1. The third-order valence-corrected chi connectivity index (χ3v) is 6.16. The highest BCUT2D eigenvalue weighted by Crippen LogP contribution is 2.32. The van der Waals surface area contributed by atoms with Gasteiger partial charge in [-0.1, -0.05) is 54.6 Å². The molecular formula is C20H22N2O2S2. The Morgan fingerprint density at radius 3 is 2.77 bits per heavy atom. The van der Waals surface area contributed by atoms with Crippen LogP contribution in [0.15, 0.2) is 59.0 Å². The van der Waals surface area contributed by atoms with Crippen molar-refractivity contribution in [1.29, 1.82) is 0 Å². The molecule has 0 spiro atoms. The molecular weight excluding hydrogens is 364 g/mol. The van der Waals surface area contributed by atoms with Crippen molar-refractivity contribution < 1.29 is 5.11 Å². The number of unbranched alkanes of at least 4 members (excludes halogenated alkanes) is 2. The monoisotopic (exact) mass is 386 g/mol. The fraction of sp³-hybridized carbons (Fsp3) is 0.300. The summed E-state index contributed by atoms with van der Waals surface area (Å²) in [5, 5.41) is 10.3. The summed E-state index contributed by atoms with van der Waals surface area (Å²) in [5.74, 6) is 0.881. The second kappa shape index (κ2) is 9.16. The van der Waals surface area contributed by atoms with Gasteiger partial charge in [0.25, 0.3) is 5.56 Å². The average Bonchev–Trinajstić information content (AvgIpc) is 3.09. The molecule has 0 saturated carbocycles. The van der Waals surface area contributed by atoms with Crippen molar-refractivity contribution in [2.24, 2.45) is 0 Å². The van der Waals surface area contributed by atoms with Gasteiger partial charge < -0.3 is 5.11 Å². The largest absolute Gasteiger partial charge is 0.396 e. The zero-order chi connectivity index (χ0) is 18.4. The number of hydrogen-bond donors (Lipinski definition) is 1. The minimum absolute atomic E-state index is 0.00816. The number of aliphatic hydroxyl groups is 1. The Balaban J connectivity index is 1.94. The molecule has 0 amide bonds. The first-order chi connectivity index (χ1) is 12.7. The molecule has 3 rings (SSSR count). The molecule has 1 N–H and O–H groups in total. The Hall–Kier alpha value is -1.89. The van der Waals surface area contributed by atoms with Gasteiger partial charge >= 0.3 is 0 Å². The minimum Gasteiger partial charge on any atom is -0.396 e. The van der Waals surface area contributed by atoms with Crippen molar-refractivity contribution in [3.8, 4) is 10.4 Å². The van der Waals surface area contributed by atoms with Crippen molar-refractivity contribution in [3.63, 3.8) is 0 Å². The standard InChI is InChI=1S/C20H22N2O2S2/c1-2-11-22-19(24)16-14-17(15-9-5-3-6-10-15)26-18(16)21-20(22)25-13-8-4-7-12-23/h2-3,5-6,9-10,14,23H,1,4,7-8,11-13H2. The van der Waals surface area contributed by atoms with E-state index in [9.17, 15) is 4.79 Å². The van der Waals surface area contributed by atoms with Crippen LogP contribution in [0.25, 0.3) is 20.7 Å². The van der Waals surface area contributed by atoms with E-state index in [1.807, 2.05) is 36.4 Å². The second-order valence-electron chi connectivity index (χ2n) is 5.93. The molecule has 1 aromatic carbocycles. The van der Waals surface area contributed by atoms with E-state index in [1.165, 1.54) is 0 Å². The fourth-order valence-electron chi connectivity index (χ4n) is 2.70. The van der Waals surface area contributed by atoms with Crippen molar-refractivity contribution in [2.45, 2.75) is 31.0 Å². The molecule has 0 bridgehead atoms. The van der Waals surface area contributed by atoms with Gasteiger partial charge in [0.1, 0.15) is 4.83 Å². The van der Waals surface area contributed by atoms with E-state index in [0.29, 0.717) is 11.9 Å². The molecule has 4 nitrogen and oxygen atoms in total. The van der Waals surface area contributed by atoms with Crippen molar-refractivity contribution >= 4 is 33.3 Å². The van der Waals surface area contributed by atoms with Crippen LogP contribution >= 0.6 is 23.1 Å². The molecule has 0 saturated heterocycles. The van der Waals surface area contributed by atoms with Crippen molar-refractivity contribution in [3.05, 3.63) is 59.4 Å². The maximum absolute atomic E-state index is 13.0. The zero-order valence-electron chi connectivity index (χ0n) is 14.6. The number of thiophene rings is 1. The Labute approximate surface area is 161 Å². The smallest absolute Gasteiger partial charge is 0.263 e. The van der Waals surface area contributed by atoms with Crippen LogP contribution in [0.5, 0.6) is 0 Å². The highest BCUT2D eigenvalue weighted by molar-refractivity contribution is 7.99. The fourth-order valence-corrected chi connectivity index (χ4v) is 4.78. The van der Waals surface area contributed by atoms with Gasteiger partial charge in [-0.3, -0.25) is 9.36 Å².